The standard InChI is InChI=1S/C28H23ClN6O3/c1-17-14-31-28(32-15-17)34-25(36)19-7-5-18(6-8-19)16-35-24(13-21-4-2-3-11-30-21)26(37)33-23-12-20(29)9-10-22(23)27(35)38/h2-12,14-15,24H,13,16H2,1H3,(H,33,37)(H,31,32,34,36)/t24-/m1/s1. The van der Waals surface area contributed by atoms with Crippen molar-refractivity contribution < 1.29 is 14.4 Å². The van der Waals surface area contributed by atoms with E-state index in [1.54, 1.807) is 67.1 Å². The van der Waals surface area contributed by atoms with Crippen LogP contribution in [0.3, 0.4) is 0 Å². The molecule has 10 heteroatoms. The number of hydrogen-bond donors (Lipinski definition) is 2. The molecule has 1 aliphatic heterocycles. The van der Waals surface area contributed by atoms with Gasteiger partial charge < -0.3 is 10.2 Å². The van der Waals surface area contributed by atoms with Crippen molar-refractivity contribution in [2.45, 2.75) is 25.9 Å². The number of nitrogens with one attached hydrogen (secondary N) is 2. The van der Waals surface area contributed by atoms with Crippen LogP contribution in [0.5, 0.6) is 0 Å². The number of aryl methyl sites for hydroxylation is 1. The number of pyridine rings is 1. The molecular weight excluding hydrogens is 504 g/mol. The van der Waals surface area contributed by atoms with E-state index in [1.807, 2.05) is 19.1 Å². The highest BCUT2D eigenvalue weighted by molar-refractivity contribution is 6.31. The van der Waals surface area contributed by atoms with Gasteiger partial charge in [-0.2, -0.15) is 0 Å². The molecule has 5 rings (SSSR count). The molecule has 0 bridgehead atoms. The predicted octanol–water partition coefficient (Wildman–Crippen LogP) is 4.29. The zero-order valence-electron chi connectivity index (χ0n) is 20.4. The molecule has 0 spiro atoms. The zero-order chi connectivity index (χ0) is 26.6. The van der Waals surface area contributed by atoms with E-state index < -0.39 is 6.04 Å². The van der Waals surface area contributed by atoms with Gasteiger partial charge in [0.15, 0.2) is 0 Å². The Balaban J connectivity index is 1.40. The summed E-state index contributed by atoms with van der Waals surface area (Å²) in [6.07, 6.45) is 5.12. The van der Waals surface area contributed by atoms with Gasteiger partial charge in [-0.1, -0.05) is 29.8 Å². The molecule has 0 unspecified atom stereocenters. The molecule has 3 amide bonds. The molecule has 0 saturated heterocycles. The van der Waals surface area contributed by atoms with E-state index in [2.05, 4.69) is 25.6 Å². The average molecular weight is 527 g/mol. The van der Waals surface area contributed by atoms with Crippen LogP contribution in [-0.2, 0) is 17.8 Å². The lowest BCUT2D eigenvalue weighted by Gasteiger charge is -2.28. The summed E-state index contributed by atoms with van der Waals surface area (Å²) in [6, 6.07) is 16.2. The maximum absolute atomic E-state index is 13.7. The van der Waals surface area contributed by atoms with Crippen molar-refractivity contribution in [3.8, 4) is 0 Å². The minimum Gasteiger partial charge on any atom is -0.323 e. The van der Waals surface area contributed by atoms with E-state index in [-0.39, 0.29) is 36.6 Å². The van der Waals surface area contributed by atoms with E-state index in [1.165, 1.54) is 4.90 Å². The second-order valence-corrected chi connectivity index (χ2v) is 9.32. The number of hydrogen-bond acceptors (Lipinski definition) is 6. The Morgan fingerprint density at radius 1 is 1.03 bits per heavy atom. The van der Waals surface area contributed by atoms with Crippen LogP contribution in [0.25, 0.3) is 0 Å². The Bertz CT molecular complexity index is 1490. The van der Waals surface area contributed by atoms with Crippen molar-refractivity contribution in [1.29, 1.82) is 0 Å². The third-order valence-electron chi connectivity index (χ3n) is 6.11. The van der Waals surface area contributed by atoms with Crippen LogP contribution in [0, 0.1) is 6.92 Å². The molecule has 0 radical (unpaired) electrons. The average Bonchev–Trinajstić information content (AvgIpc) is 3.00. The van der Waals surface area contributed by atoms with Crippen LogP contribution in [-0.4, -0.2) is 43.6 Å². The number of rotatable bonds is 6. The monoisotopic (exact) mass is 526 g/mol. The van der Waals surface area contributed by atoms with Gasteiger partial charge in [-0.05, 0) is 60.5 Å². The van der Waals surface area contributed by atoms with Gasteiger partial charge in [-0.3, -0.25) is 24.7 Å². The van der Waals surface area contributed by atoms with Crippen molar-refractivity contribution in [1.82, 2.24) is 19.9 Å². The Kier molecular flexibility index (Phi) is 7.10. The molecule has 0 saturated carbocycles. The number of fused-ring (bicyclic) bond motifs is 1. The van der Waals surface area contributed by atoms with Crippen LogP contribution < -0.4 is 10.6 Å². The van der Waals surface area contributed by atoms with Crippen LogP contribution in [0.1, 0.15) is 37.5 Å². The molecule has 190 valence electrons. The Labute approximate surface area is 223 Å². The summed E-state index contributed by atoms with van der Waals surface area (Å²) in [4.78, 5) is 53.7. The highest BCUT2D eigenvalue weighted by Crippen LogP contribution is 2.28. The fourth-order valence-corrected chi connectivity index (χ4v) is 4.32. The number of anilines is 2. The number of benzene rings is 2. The number of carbonyl (C=O) groups excluding carboxylic acids is 3. The fourth-order valence-electron chi connectivity index (χ4n) is 4.15. The summed E-state index contributed by atoms with van der Waals surface area (Å²) in [7, 11) is 0. The smallest absolute Gasteiger partial charge is 0.258 e. The van der Waals surface area contributed by atoms with Gasteiger partial charge in [-0.15, -0.1) is 0 Å². The van der Waals surface area contributed by atoms with Gasteiger partial charge in [0, 0.05) is 47.8 Å². The predicted molar refractivity (Wildman–Crippen MR) is 143 cm³/mol. The summed E-state index contributed by atoms with van der Waals surface area (Å²) >= 11 is 6.13. The molecule has 2 aromatic heterocycles. The number of carbonyl (C=O) groups is 3. The van der Waals surface area contributed by atoms with Crippen molar-refractivity contribution in [2.24, 2.45) is 0 Å². The molecule has 38 heavy (non-hydrogen) atoms. The molecule has 4 aromatic rings. The minimum atomic E-state index is -0.815. The quantitative estimate of drug-likeness (QED) is 0.387. The normalized spacial score (nSPS) is 14.9. The third kappa shape index (κ3) is 5.52. The summed E-state index contributed by atoms with van der Waals surface area (Å²) < 4.78 is 0. The zero-order valence-corrected chi connectivity index (χ0v) is 21.1. The van der Waals surface area contributed by atoms with E-state index in [0.29, 0.717) is 27.5 Å². The maximum atomic E-state index is 13.7. The highest BCUT2D eigenvalue weighted by Gasteiger charge is 2.36. The second kappa shape index (κ2) is 10.8. The fraction of sp³-hybridized carbons (Fsp3) is 0.143. The summed E-state index contributed by atoms with van der Waals surface area (Å²) in [5, 5.41) is 5.93. The summed E-state index contributed by atoms with van der Waals surface area (Å²) in [5.41, 5.74) is 3.43. The minimum absolute atomic E-state index is 0.148. The van der Waals surface area contributed by atoms with Crippen molar-refractivity contribution >= 4 is 41.0 Å². The van der Waals surface area contributed by atoms with Gasteiger partial charge in [-0.25, -0.2) is 9.97 Å². The lowest BCUT2D eigenvalue weighted by atomic mass is 10.0. The first-order valence-corrected chi connectivity index (χ1v) is 12.3. The molecule has 1 atom stereocenters. The van der Waals surface area contributed by atoms with Gasteiger partial charge >= 0.3 is 0 Å². The third-order valence-corrected chi connectivity index (χ3v) is 6.35. The first-order valence-electron chi connectivity index (χ1n) is 11.9. The molecule has 2 aromatic carbocycles. The summed E-state index contributed by atoms with van der Waals surface area (Å²) in [6.45, 7) is 2.01. The van der Waals surface area contributed by atoms with Crippen LogP contribution in [0.2, 0.25) is 5.02 Å². The Morgan fingerprint density at radius 2 is 1.79 bits per heavy atom. The Morgan fingerprint density at radius 3 is 2.50 bits per heavy atom. The number of amides is 3. The highest BCUT2D eigenvalue weighted by atomic mass is 35.5. The van der Waals surface area contributed by atoms with Crippen LogP contribution in [0.4, 0.5) is 11.6 Å². The van der Waals surface area contributed by atoms with Crippen LogP contribution in [0.15, 0.2) is 79.3 Å². The first-order chi connectivity index (χ1) is 18.4. The van der Waals surface area contributed by atoms with Crippen molar-refractivity contribution in [3.63, 3.8) is 0 Å². The summed E-state index contributed by atoms with van der Waals surface area (Å²) in [5.74, 6) is -0.792. The number of nitrogens with zero attached hydrogens (tertiary/aromatic N) is 4. The van der Waals surface area contributed by atoms with Gasteiger partial charge in [0.2, 0.25) is 11.9 Å². The molecule has 3 heterocycles. The molecule has 2 N–H and O–H groups in total. The first kappa shape index (κ1) is 25.0. The van der Waals surface area contributed by atoms with E-state index in [9.17, 15) is 14.4 Å². The lowest BCUT2D eigenvalue weighted by molar-refractivity contribution is -0.120. The van der Waals surface area contributed by atoms with Gasteiger partial charge in [0.05, 0.1) is 11.3 Å². The number of aromatic nitrogens is 3. The lowest BCUT2D eigenvalue weighted by Crippen LogP contribution is -2.46. The van der Waals surface area contributed by atoms with E-state index in [4.69, 9.17) is 11.6 Å². The topological polar surface area (TPSA) is 117 Å². The molecule has 0 aliphatic carbocycles. The van der Waals surface area contributed by atoms with Gasteiger partial charge in [0.25, 0.3) is 11.8 Å². The molecule has 9 nitrogen and oxygen atoms in total. The SMILES string of the molecule is Cc1cnc(NC(=O)c2ccc(CN3C(=O)c4ccc(Cl)cc4NC(=O)[C@H]3Cc3ccccn3)cc2)nc1. The van der Waals surface area contributed by atoms with Crippen LogP contribution >= 0.6 is 11.6 Å². The molecule has 1 aliphatic rings. The van der Waals surface area contributed by atoms with E-state index >= 15 is 0 Å². The van der Waals surface area contributed by atoms with Gasteiger partial charge in [0.1, 0.15) is 6.04 Å². The molecular formula is C28H23ClN6O3. The Hall–Kier alpha value is -4.63. The van der Waals surface area contributed by atoms with Crippen molar-refractivity contribution in [3.05, 3.63) is 112 Å². The number of halogens is 1. The second-order valence-electron chi connectivity index (χ2n) is 8.89. The van der Waals surface area contributed by atoms with Crippen molar-refractivity contribution in [2.75, 3.05) is 10.6 Å². The maximum Gasteiger partial charge on any atom is 0.258 e. The molecule has 0 fully saturated rings. The largest absolute Gasteiger partial charge is 0.323 e. The van der Waals surface area contributed by atoms with E-state index in [0.717, 1.165) is 11.1 Å².